The number of aromatic nitrogens is 5. The number of aryl methyl sites for hydroxylation is 1. The molecule has 0 spiro atoms. The van der Waals surface area contributed by atoms with Crippen LogP contribution in [0, 0.1) is 6.92 Å². The van der Waals surface area contributed by atoms with Crippen molar-refractivity contribution in [2.45, 2.75) is 26.0 Å². The number of pyridine rings is 1. The van der Waals surface area contributed by atoms with E-state index in [1.54, 1.807) is 36.1 Å². The second kappa shape index (κ2) is 9.17. The van der Waals surface area contributed by atoms with Crippen LogP contribution in [0.25, 0.3) is 5.69 Å². The minimum atomic E-state index is -0.691. The van der Waals surface area contributed by atoms with Gasteiger partial charge >= 0.3 is 0 Å². The van der Waals surface area contributed by atoms with Gasteiger partial charge in [0, 0.05) is 12.4 Å². The van der Waals surface area contributed by atoms with Gasteiger partial charge in [0.05, 0.1) is 11.7 Å². The van der Waals surface area contributed by atoms with Crippen molar-refractivity contribution in [3.8, 4) is 11.4 Å². The van der Waals surface area contributed by atoms with Gasteiger partial charge in [-0.2, -0.15) is 0 Å². The maximum Gasteiger partial charge on any atom is 0.261 e. The highest BCUT2D eigenvalue weighted by atomic mass is 16.5. The largest absolute Gasteiger partial charge is 0.481 e. The van der Waals surface area contributed by atoms with Crippen LogP contribution >= 0.6 is 0 Å². The number of nitrogens with zero attached hydrogens (tertiary/aromatic N) is 5. The first-order valence-electron chi connectivity index (χ1n) is 9.87. The van der Waals surface area contributed by atoms with Crippen LogP contribution in [0.5, 0.6) is 5.75 Å². The van der Waals surface area contributed by atoms with Crippen molar-refractivity contribution in [1.82, 2.24) is 30.5 Å². The second-order valence-electron chi connectivity index (χ2n) is 7.15. The van der Waals surface area contributed by atoms with Crippen molar-refractivity contribution in [2.24, 2.45) is 0 Å². The summed E-state index contributed by atoms with van der Waals surface area (Å²) in [6.45, 7) is 3.75. The maximum atomic E-state index is 12.9. The molecule has 0 unspecified atom stereocenters. The molecule has 0 fully saturated rings. The number of carbonyl (C=O) groups is 1. The zero-order valence-electron chi connectivity index (χ0n) is 17.2. The summed E-state index contributed by atoms with van der Waals surface area (Å²) in [5.74, 6) is 0.353. The molecule has 2 atom stereocenters. The molecule has 0 aliphatic heterocycles. The molecule has 0 aliphatic carbocycles. The molecule has 0 bridgehead atoms. The lowest BCUT2D eigenvalue weighted by molar-refractivity contribution is -0.127. The van der Waals surface area contributed by atoms with Gasteiger partial charge in [-0.15, -0.1) is 5.10 Å². The van der Waals surface area contributed by atoms with Crippen LogP contribution in [0.1, 0.15) is 29.7 Å². The molecule has 0 aliphatic rings. The molecule has 8 heteroatoms. The van der Waals surface area contributed by atoms with E-state index in [0.29, 0.717) is 5.75 Å². The highest BCUT2D eigenvalue weighted by Gasteiger charge is 2.22. The lowest BCUT2D eigenvalue weighted by Crippen LogP contribution is -2.39. The van der Waals surface area contributed by atoms with Gasteiger partial charge in [-0.1, -0.05) is 35.9 Å². The number of hydrogen-bond acceptors (Lipinski definition) is 6. The van der Waals surface area contributed by atoms with Gasteiger partial charge in [0.2, 0.25) is 0 Å². The molecule has 0 saturated heterocycles. The van der Waals surface area contributed by atoms with E-state index in [-0.39, 0.29) is 11.9 Å². The third-order valence-electron chi connectivity index (χ3n) is 4.85. The van der Waals surface area contributed by atoms with Crippen LogP contribution in [0.3, 0.4) is 0 Å². The van der Waals surface area contributed by atoms with Gasteiger partial charge in [-0.3, -0.25) is 9.78 Å². The predicted octanol–water partition coefficient (Wildman–Crippen LogP) is 3.04. The number of amides is 1. The Labute approximate surface area is 179 Å². The number of rotatable bonds is 7. The molecule has 1 N–H and O–H groups in total. The van der Waals surface area contributed by atoms with Crippen molar-refractivity contribution in [1.29, 1.82) is 0 Å². The molecular formula is C23H22N6O2. The summed E-state index contributed by atoms with van der Waals surface area (Å²) in [5, 5.41) is 14.2. The molecule has 0 saturated carbocycles. The average molecular weight is 414 g/mol. The Hall–Kier alpha value is -4.07. The van der Waals surface area contributed by atoms with Crippen molar-refractivity contribution >= 4 is 5.91 Å². The van der Waals surface area contributed by atoms with E-state index in [4.69, 9.17) is 4.74 Å². The number of carbonyl (C=O) groups excluding carboxylic acids is 1. The second-order valence-corrected chi connectivity index (χ2v) is 7.15. The molecule has 156 valence electrons. The number of hydrogen-bond donors (Lipinski definition) is 1. The first kappa shape index (κ1) is 20.2. The Morgan fingerprint density at radius 1 is 1.03 bits per heavy atom. The average Bonchev–Trinajstić information content (AvgIpc) is 3.34. The summed E-state index contributed by atoms with van der Waals surface area (Å²) in [5.41, 5.74) is 3.83. The van der Waals surface area contributed by atoms with E-state index in [1.165, 1.54) is 6.33 Å². The van der Waals surface area contributed by atoms with Gasteiger partial charge < -0.3 is 10.1 Å². The lowest BCUT2D eigenvalue weighted by atomic mass is 9.99. The SMILES string of the molecule is Cc1ccc([C@H](NC(=O)[C@H](C)Oc2ccc(-n3cnnn3)cc2)c2cccnc2)cc1. The number of benzene rings is 2. The summed E-state index contributed by atoms with van der Waals surface area (Å²) in [6.07, 6.45) is 4.29. The Kier molecular flexibility index (Phi) is 5.98. The predicted molar refractivity (Wildman–Crippen MR) is 115 cm³/mol. The number of nitrogens with one attached hydrogen (secondary N) is 1. The normalized spacial score (nSPS) is 12.7. The van der Waals surface area contributed by atoms with Crippen molar-refractivity contribution in [3.05, 3.63) is 96.1 Å². The van der Waals surface area contributed by atoms with E-state index in [1.807, 2.05) is 55.5 Å². The summed E-state index contributed by atoms with van der Waals surface area (Å²) < 4.78 is 7.39. The zero-order chi connectivity index (χ0) is 21.6. The van der Waals surface area contributed by atoms with Crippen LogP contribution in [-0.2, 0) is 4.79 Å². The van der Waals surface area contributed by atoms with Gasteiger partial charge in [0.15, 0.2) is 6.10 Å². The topological polar surface area (TPSA) is 94.8 Å². The number of ether oxygens (including phenoxy) is 1. The monoisotopic (exact) mass is 414 g/mol. The van der Waals surface area contributed by atoms with E-state index >= 15 is 0 Å². The Morgan fingerprint density at radius 2 is 1.81 bits per heavy atom. The van der Waals surface area contributed by atoms with Crippen molar-refractivity contribution < 1.29 is 9.53 Å². The third kappa shape index (κ3) is 4.92. The third-order valence-corrected chi connectivity index (χ3v) is 4.85. The summed E-state index contributed by atoms with van der Waals surface area (Å²) in [6, 6.07) is 18.7. The van der Waals surface area contributed by atoms with Crippen LogP contribution in [-0.4, -0.2) is 37.2 Å². The molecule has 4 rings (SSSR count). The van der Waals surface area contributed by atoms with E-state index in [0.717, 1.165) is 22.4 Å². The highest BCUT2D eigenvalue weighted by molar-refractivity contribution is 5.81. The zero-order valence-corrected chi connectivity index (χ0v) is 17.2. The molecule has 8 nitrogen and oxygen atoms in total. The Balaban J connectivity index is 1.47. The molecule has 2 aromatic heterocycles. The van der Waals surface area contributed by atoms with Gasteiger partial charge in [-0.25, -0.2) is 4.68 Å². The lowest BCUT2D eigenvalue weighted by Gasteiger charge is -2.22. The van der Waals surface area contributed by atoms with E-state index < -0.39 is 6.10 Å². The van der Waals surface area contributed by atoms with Crippen molar-refractivity contribution in [3.63, 3.8) is 0 Å². The van der Waals surface area contributed by atoms with Crippen LogP contribution in [0.2, 0.25) is 0 Å². The quantitative estimate of drug-likeness (QED) is 0.499. The van der Waals surface area contributed by atoms with E-state index in [2.05, 4.69) is 25.8 Å². The highest BCUT2D eigenvalue weighted by Crippen LogP contribution is 2.23. The van der Waals surface area contributed by atoms with Crippen LogP contribution in [0.15, 0.2) is 79.4 Å². The van der Waals surface area contributed by atoms with Crippen LogP contribution in [0.4, 0.5) is 0 Å². The fourth-order valence-electron chi connectivity index (χ4n) is 3.14. The fourth-order valence-corrected chi connectivity index (χ4v) is 3.14. The minimum absolute atomic E-state index is 0.223. The van der Waals surface area contributed by atoms with Gasteiger partial charge in [0.25, 0.3) is 5.91 Å². The number of tetrazole rings is 1. The summed E-state index contributed by atoms with van der Waals surface area (Å²) >= 11 is 0. The maximum absolute atomic E-state index is 12.9. The molecule has 0 radical (unpaired) electrons. The van der Waals surface area contributed by atoms with E-state index in [9.17, 15) is 4.79 Å². The smallest absolute Gasteiger partial charge is 0.261 e. The summed E-state index contributed by atoms with van der Waals surface area (Å²) in [4.78, 5) is 17.1. The first-order chi connectivity index (χ1) is 15.1. The molecular weight excluding hydrogens is 392 g/mol. The molecule has 2 aromatic carbocycles. The van der Waals surface area contributed by atoms with Crippen LogP contribution < -0.4 is 10.1 Å². The molecule has 1 amide bonds. The first-order valence-corrected chi connectivity index (χ1v) is 9.87. The van der Waals surface area contributed by atoms with Gasteiger partial charge in [0.1, 0.15) is 12.1 Å². The fraction of sp³-hybridized carbons (Fsp3) is 0.174. The molecule has 2 heterocycles. The Morgan fingerprint density at radius 3 is 2.45 bits per heavy atom. The standard InChI is InChI=1S/C23H22N6O2/c1-16-5-7-18(8-6-16)22(19-4-3-13-24-14-19)26-23(30)17(2)31-21-11-9-20(10-12-21)29-15-25-27-28-29/h3-15,17,22H,1-2H3,(H,26,30)/t17-,22-/m0/s1. The summed E-state index contributed by atoms with van der Waals surface area (Å²) in [7, 11) is 0. The Bertz CT molecular complexity index is 1110. The molecule has 31 heavy (non-hydrogen) atoms. The molecule has 4 aromatic rings. The minimum Gasteiger partial charge on any atom is -0.481 e. The van der Waals surface area contributed by atoms with Crippen molar-refractivity contribution in [2.75, 3.05) is 0 Å². The van der Waals surface area contributed by atoms with Gasteiger partial charge in [-0.05, 0) is 65.7 Å².